The van der Waals surface area contributed by atoms with E-state index in [1.165, 1.54) is 25.1 Å². The molecule has 0 unspecified atom stereocenters. The second-order valence-corrected chi connectivity index (χ2v) is 10.7. The Morgan fingerprint density at radius 3 is 2.23 bits per heavy atom. The van der Waals surface area contributed by atoms with E-state index in [1.807, 2.05) is 54.6 Å². The summed E-state index contributed by atoms with van der Waals surface area (Å²) in [4.78, 5) is 63.5. The Morgan fingerprint density at radius 1 is 0.907 bits per heavy atom. The molecule has 4 N–H and O–H groups in total. The van der Waals surface area contributed by atoms with Gasteiger partial charge < -0.3 is 25.7 Å². The van der Waals surface area contributed by atoms with Crippen molar-refractivity contribution in [3.05, 3.63) is 95.1 Å². The number of benzene rings is 3. The van der Waals surface area contributed by atoms with E-state index in [9.17, 15) is 29.1 Å². The van der Waals surface area contributed by atoms with Gasteiger partial charge in [0.1, 0.15) is 12.1 Å². The second kappa shape index (κ2) is 14.3. The first kappa shape index (κ1) is 31.0. The molecule has 1 aliphatic heterocycles. The molecule has 0 radical (unpaired) electrons. The normalized spacial score (nSPS) is 15.7. The molecule has 10 heteroatoms. The first-order valence-electron chi connectivity index (χ1n) is 14.2. The van der Waals surface area contributed by atoms with Crippen molar-refractivity contribution >= 4 is 29.7 Å². The lowest BCUT2D eigenvalue weighted by Gasteiger charge is -2.27. The van der Waals surface area contributed by atoms with Crippen LogP contribution in [-0.2, 0) is 38.6 Å². The maximum Gasteiger partial charge on any atom is 0.335 e. The maximum absolute atomic E-state index is 13.5. The van der Waals surface area contributed by atoms with E-state index in [4.69, 9.17) is 5.11 Å². The molecule has 224 valence electrons. The van der Waals surface area contributed by atoms with Crippen LogP contribution in [0.3, 0.4) is 0 Å². The minimum absolute atomic E-state index is 0.0442. The lowest BCUT2D eigenvalue weighted by Crippen LogP contribution is -2.54. The van der Waals surface area contributed by atoms with Crippen LogP contribution in [0.5, 0.6) is 0 Å². The molecule has 1 heterocycles. The minimum Gasteiger partial charge on any atom is -0.481 e. The fourth-order valence-corrected chi connectivity index (χ4v) is 5.28. The van der Waals surface area contributed by atoms with Gasteiger partial charge in [-0.05, 0) is 53.1 Å². The minimum atomic E-state index is -1.29. The van der Waals surface area contributed by atoms with Crippen LogP contribution >= 0.6 is 0 Å². The van der Waals surface area contributed by atoms with Crippen molar-refractivity contribution < 1.29 is 34.2 Å². The number of hydrogen-bond donors (Lipinski definition) is 4. The molecule has 0 aromatic heterocycles. The number of carboxylic acid groups (broad SMARTS) is 2. The molecule has 1 aliphatic rings. The SMILES string of the molecule is CC(=O)N[C@@H](Cc1ccc(CC(=O)O)c(C(=O)O)c1)C(=O)N[C@H]1CCCCN(Cc2ccc(-c3ccccc3)cc2)C1=O. The van der Waals surface area contributed by atoms with Crippen LogP contribution in [0.4, 0.5) is 0 Å². The Hall–Kier alpha value is -4.99. The highest BCUT2D eigenvalue weighted by Gasteiger charge is 2.31. The number of hydrogen-bond acceptors (Lipinski definition) is 5. The molecule has 3 aromatic carbocycles. The van der Waals surface area contributed by atoms with Crippen molar-refractivity contribution in [1.29, 1.82) is 0 Å². The third kappa shape index (κ3) is 8.51. The van der Waals surface area contributed by atoms with Crippen molar-refractivity contribution in [2.45, 2.75) is 57.7 Å². The van der Waals surface area contributed by atoms with Crippen molar-refractivity contribution in [3.63, 3.8) is 0 Å². The Bertz CT molecular complexity index is 1490. The molecule has 0 saturated carbocycles. The summed E-state index contributed by atoms with van der Waals surface area (Å²) in [5, 5.41) is 24.1. The smallest absolute Gasteiger partial charge is 0.335 e. The van der Waals surface area contributed by atoms with Crippen LogP contribution < -0.4 is 10.6 Å². The molecule has 43 heavy (non-hydrogen) atoms. The third-order valence-corrected chi connectivity index (χ3v) is 7.41. The number of carboxylic acids is 2. The maximum atomic E-state index is 13.5. The Labute approximate surface area is 249 Å². The lowest BCUT2D eigenvalue weighted by atomic mass is 9.97. The molecule has 4 rings (SSSR count). The number of amides is 3. The van der Waals surface area contributed by atoms with Crippen molar-refractivity contribution in [2.75, 3.05) is 6.54 Å². The summed E-state index contributed by atoms with van der Waals surface area (Å²) in [6, 6.07) is 20.4. The number of aliphatic carboxylic acids is 1. The number of rotatable bonds is 11. The van der Waals surface area contributed by atoms with Gasteiger partial charge in [-0.25, -0.2) is 4.79 Å². The van der Waals surface area contributed by atoms with E-state index in [2.05, 4.69) is 10.6 Å². The molecule has 1 fully saturated rings. The predicted molar refractivity (Wildman–Crippen MR) is 159 cm³/mol. The second-order valence-electron chi connectivity index (χ2n) is 10.7. The van der Waals surface area contributed by atoms with E-state index in [0.29, 0.717) is 25.1 Å². The van der Waals surface area contributed by atoms with Gasteiger partial charge in [-0.15, -0.1) is 0 Å². The average Bonchev–Trinajstić information content (AvgIpc) is 3.14. The molecule has 2 atom stereocenters. The summed E-state index contributed by atoms with van der Waals surface area (Å²) < 4.78 is 0. The van der Waals surface area contributed by atoms with Crippen molar-refractivity contribution in [3.8, 4) is 11.1 Å². The summed E-state index contributed by atoms with van der Waals surface area (Å²) >= 11 is 0. The Morgan fingerprint density at radius 2 is 1.58 bits per heavy atom. The zero-order chi connectivity index (χ0) is 30.9. The monoisotopic (exact) mass is 585 g/mol. The number of carbonyl (C=O) groups is 5. The quantitative estimate of drug-likeness (QED) is 0.269. The van der Waals surface area contributed by atoms with Crippen LogP contribution in [-0.4, -0.2) is 63.4 Å². The number of nitrogens with one attached hydrogen (secondary N) is 2. The van der Waals surface area contributed by atoms with Gasteiger partial charge in [0.05, 0.1) is 12.0 Å². The van der Waals surface area contributed by atoms with Crippen LogP contribution in [0, 0.1) is 0 Å². The van der Waals surface area contributed by atoms with Gasteiger partial charge in [0.15, 0.2) is 0 Å². The molecular formula is C33H35N3O7. The number of aromatic carboxylic acids is 1. The zero-order valence-electron chi connectivity index (χ0n) is 23.9. The summed E-state index contributed by atoms with van der Waals surface area (Å²) in [5.41, 5.74) is 3.51. The standard InChI is InChI=1S/C33H35N3O7/c1-21(37)34-29(18-23-12-15-26(19-30(38)39)27(17-23)33(42)43)31(40)35-28-9-5-6-16-36(32(28)41)20-22-10-13-25(14-11-22)24-7-3-2-4-8-24/h2-4,7-8,10-15,17,28-29H,5-6,9,16,18-20H2,1H3,(H,34,37)(H,35,40)(H,38,39)(H,42,43)/t28-,29-/m0/s1. The first-order valence-corrected chi connectivity index (χ1v) is 14.2. The molecule has 10 nitrogen and oxygen atoms in total. The zero-order valence-corrected chi connectivity index (χ0v) is 23.9. The van der Waals surface area contributed by atoms with Gasteiger partial charge in [0, 0.05) is 26.4 Å². The van der Waals surface area contributed by atoms with E-state index in [-0.39, 0.29) is 23.5 Å². The summed E-state index contributed by atoms with van der Waals surface area (Å²) in [6.07, 6.45) is 1.47. The lowest BCUT2D eigenvalue weighted by molar-refractivity contribution is -0.137. The van der Waals surface area contributed by atoms with Gasteiger partial charge in [0.2, 0.25) is 17.7 Å². The molecule has 0 spiro atoms. The topological polar surface area (TPSA) is 153 Å². The summed E-state index contributed by atoms with van der Waals surface area (Å²) in [6.45, 7) is 2.22. The number of carbonyl (C=O) groups excluding carboxylic acids is 3. The van der Waals surface area contributed by atoms with Crippen LogP contribution in [0.15, 0.2) is 72.8 Å². The fourth-order valence-electron chi connectivity index (χ4n) is 5.28. The molecule has 0 bridgehead atoms. The Balaban J connectivity index is 1.45. The van der Waals surface area contributed by atoms with Crippen molar-refractivity contribution in [1.82, 2.24) is 15.5 Å². The third-order valence-electron chi connectivity index (χ3n) is 7.41. The molecule has 0 aliphatic carbocycles. The number of likely N-dealkylation sites (tertiary alicyclic amines) is 1. The summed E-state index contributed by atoms with van der Waals surface area (Å²) in [5.74, 6) is -3.69. The Kier molecular flexibility index (Phi) is 10.3. The highest BCUT2D eigenvalue weighted by Crippen LogP contribution is 2.22. The van der Waals surface area contributed by atoms with E-state index in [1.54, 1.807) is 4.90 Å². The number of nitrogens with zero attached hydrogens (tertiary/aromatic N) is 1. The largest absolute Gasteiger partial charge is 0.481 e. The fraction of sp³-hybridized carbons (Fsp3) is 0.303. The molecule has 1 saturated heterocycles. The van der Waals surface area contributed by atoms with Crippen LogP contribution in [0.2, 0.25) is 0 Å². The van der Waals surface area contributed by atoms with Gasteiger partial charge in [0.25, 0.3) is 0 Å². The molecule has 3 amide bonds. The van der Waals surface area contributed by atoms with Gasteiger partial charge in [-0.1, -0.05) is 66.7 Å². The van der Waals surface area contributed by atoms with Gasteiger partial charge in [-0.3, -0.25) is 19.2 Å². The van der Waals surface area contributed by atoms with E-state index in [0.717, 1.165) is 29.5 Å². The first-order chi connectivity index (χ1) is 20.6. The van der Waals surface area contributed by atoms with E-state index < -0.39 is 42.3 Å². The molecular weight excluding hydrogens is 550 g/mol. The highest BCUT2D eigenvalue weighted by atomic mass is 16.4. The van der Waals surface area contributed by atoms with Crippen LogP contribution in [0.25, 0.3) is 11.1 Å². The van der Waals surface area contributed by atoms with Crippen molar-refractivity contribution in [2.24, 2.45) is 0 Å². The average molecular weight is 586 g/mol. The highest BCUT2D eigenvalue weighted by molar-refractivity contribution is 5.93. The van der Waals surface area contributed by atoms with E-state index >= 15 is 0 Å². The van der Waals surface area contributed by atoms with Gasteiger partial charge >= 0.3 is 11.9 Å². The molecule has 3 aromatic rings. The van der Waals surface area contributed by atoms with Crippen LogP contribution in [0.1, 0.15) is 53.2 Å². The van der Waals surface area contributed by atoms with Gasteiger partial charge in [-0.2, -0.15) is 0 Å². The summed E-state index contributed by atoms with van der Waals surface area (Å²) in [7, 11) is 0. The predicted octanol–water partition coefficient (Wildman–Crippen LogP) is 3.42.